The Kier molecular flexibility index (Phi) is 6.76. The van der Waals surface area contributed by atoms with E-state index in [0.29, 0.717) is 28.8 Å². The topological polar surface area (TPSA) is 48.4 Å². The van der Waals surface area contributed by atoms with Crippen LogP contribution in [-0.4, -0.2) is 24.5 Å². The summed E-state index contributed by atoms with van der Waals surface area (Å²) >= 11 is 5.94. The molecule has 0 N–H and O–H groups in total. The summed E-state index contributed by atoms with van der Waals surface area (Å²) in [6.07, 6.45) is 1.04. The van der Waals surface area contributed by atoms with E-state index in [-0.39, 0.29) is 11.7 Å². The molecule has 0 aliphatic carbocycles. The maximum atomic E-state index is 12.5. The Balaban J connectivity index is 2.01. The number of carbonyl (C=O) groups excluding carboxylic acids is 1. The van der Waals surface area contributed by atoms with Gasteiger partial charge in [0.15, 0.2) is 0 Å². The fourth-order valence-corrected chi connectivity index (χ4v) is 2.28. The van der Waals surface area contributed by atoms with Crippen molar-refractivity contribution in [3.05, 3.63) is 58.2 Å². The zero-order valence-corrected chi connectivity index (χ0v) is 15.0. The largest absolute Gasteiger partial charge is 0.480 e. The van der Waals surface area contributed by atoms with Gasteiger partial charge in [0.25, 0.3) is 0 Å². The third-order valence-electron chi connectivity index (χ3n) is 3.56. The highest BCUT2D eigenvalue weighted by Gasteiger charge is 2.13. The van der Waals surface area contributed by atoms with Gasteiger partial charge in [-0.2, -0.15) is 0 Å². The number of hydrogen-bond donors (Lipinski definition) is 0. The predicted molar refractivity (Wildman–Crippen MR) is 94.8 cm³/mol. The molecule has 2 rings (SSSR count). The number of ketones is 1. The Bertz CT molecular complexity index is 684. The number of nitrogens with zero attached hydrogens (tertiary/aromatic N) is 1. The molecule has 1 aromatic carbocycles. The van der Waals surface area contributed by atoms with Gasteiger partial charge in [0, 0.05) is 12.2 Å². The minimum atomic E-state index is -0.169. The molecular formula is C19H22ClNO3. The van der Waals surface area contributed by atoms with Gasteiger partial charge in [0.2, 0.25) is 11.7 Å². The lowest BCUT2D eigenvalue weighted by Gasteiger charge is -2.08. The number of rotatable bonds is 8. The normalized spacial score (nSPS) is 10.9. The van der Waals surface area contributed by atoms with Crippen molar-refractivity contribution in [3.8, 4) is 5.88 Å². The Morgan fingerprint density at radius 3 is 2.50 bits per heavy atom. The lowest BCUT2D eigenvalue weighted by atomic mass is 10.1. The molecule has 1 heterocycles. The minimum Gasteiger partial charge on any atom is -0.480 e. The van der Waals surface area contributed by atoms with Gasteiger partial charge in [-0.15, -0.1) is 0 Å². The van der Waals surface area contributed by atoms with E-state index in [0.717, 1.165) is 18.6 Å². The zero-order chi connectivity index (χ0) is 17.5. The van der Waals surface area contributed by atoms with Crippen molar-refractivity contribution in [1.29, 1.82) is 0 Å². The first kappa shape index (κ1) is 18.4. The maximum Gasteiger partial charge on any atom is 0.232 e. The van der Waals surface area contributed by atoms with E-state index >= 15 is 0 Å². The van der Waals surface area contributed by atoms with Crippen LogP contribution in [0.15, 0.2) is 36.4 Å². The van der Waals surface area contributed by atoms with Crippen LogP contribution in [-0.2, 0) is 11.3 Å². The average Bonchev–Trinajstić information content (AvgIpc) is 2.59. The monoisotopic (exact) mass is 347 g/mol. The average molecular weight is 348 g/mol. The molecule has 2 aromatic rings. The molecule has 4 nitrogen and oxygen atoms in total. The molecule has 0 saturated carbocycles. The number of hydrogen-bond acceptors (Lipinski definition) is 4. The molecule has 0 spiro atoms. The first-order valence-electron chi connectivity index (χ1n) is 7.93. The molecule has 0 aliphatic heterocycles. The summed E-state index contributed by atoms with van der Waals surface area (Å²) in [5.74, 6) is 0.712. The Hall–Kier alpha value is -1.91. The van der Waals surface area contributed by atoms with E-state index in [2.05, 4.69) is 18.8 Å². The molecule has 0 atom stereocenters. The number of halogens is 1. The van der Waals surface area contributed by atoms with Gasteiger partial charge in [-0.3, -0.25) is 4.79 Å². The van der Waals surface area contributed by atoms with Crippen molar-refractivity contribution >= 4 is 17.4 Å². The number of aromatic nitrogens is 1. The van der Waals surface area contributed by atoms with E-state index in [1.54, 1.807) is 24.3 Å². The minimum absolute atomic E-state index is 0.169. The van der Waals surface area contributed by atoms with Crippen LogP contribution in [0, 0.1) is 5.92 Å². The van der Waals surface area contributed by atoms with Crippen molar-refractivity contribution in [2.24, 2.45) is 5.92 Å². The molecule has 1 aromatic heterocycles. The van der Waals surface area contributed by atoms with Crippen LogP contribution >= 0.6 is 11.6 Å². The molecular weight excluding hydrogens is 326 g/mol. The van der Waals surface area contributed by atoms with E-state index in [9.17, 15) is 4.79 Å². The molecule has 0 amide bonds. The molecule has 0 aliphatic rings. The maximum absolute atomic E-state index is 12.5. The SMILES string of the molecule is COc1nc(C(=O)c2ccc(COCCC(C)C)cc2)ccc1Cl. The number of ether oxygens (including phenoxy) is 2. The molecule has 0 unspecified atom stereocenters. The standard InChI is InChI=1S/C19H22ClNO3/c1-13(2)10-11-24-12-14-4-6-15(7-5-14)18(22)17-9-8-16(20)19(21-17)23-3/h4-9,13H,10-12H2,1-3H3. The summed E-state index contributed by atoms with van der Waals surface area (Å²) in [4.78, 5) is 16.6. The Morgan fingerprint density at radius 1 is 1.17 bits per heavy atom. The summed E-state index contributed by atoms with van der Waals surface area (Å²) in [5, 5.41) is 0.378. The van der Waals surface area contributed by atoms with Crippen LogP contribution in [0.5, 0.6) is 5.88 Å². The lowest BCUT2D eigenvalue weighted by molar-refractivity contribution is 0.103. The second kappa shape index (κ2) is 8.81. The van der Waals surface area contributed by atoms with Crippen LogP contribution in [0.4, 0.5) is 0 Å². The van der Waals surface area contributed by atoms with Crippen molar-refractivity contribution in [3.63, 3.8) is 0 Å². The lowest BCUT2D eigenvalue weighted by Crippen LogP contribution is -2.05. The first-order valence-corrected chi connectivity index (χ1v) is 8.31. The molecule has 5 heteroatoms. The van der Waals surface area contributed by atoms with Crippen molar-refractivity contribution in [1.82, 2.24) is 4.98 Å². The fraction of sp³-hybridized carbons (Fsp3) is 0.368. The number of carbonyl (C=O) groups is 1. The van der Waals surface area contributed by atoms with E-state index in [4.69, 9.17) is 21.1 Å². The number of benzene rings is 1. The first-order chi connectivity index (χ1) is 11.5. The van der Waals surface area contributed by atoms with Crippen LogP contribution in [0.25, 0.3) is 0 Å². The highest BCUT2D eigenvalue weighted by Crippen LogP contribution is 2.22. The summed E-state index contributed by atoms with van der Waals surface area (Å²) in [7, 11) is 1.47. The molecule has 0 saturated heterocycles. The van der Waals surface area contributed by atoms with Gasteiger partial charge in [-0.1, -0.05) is 49.7 Å². The second-order valence-corrected chi connectivity index (χ2v) is 6.36. The second-order valence-electron chi connectivity index (χ2n) is 5.95. The van der Waals surface area contributed by atoms with Gasteiger partial charge in [0.1, 0.15) is 10.7 Å². The number of methoxy groups -OCH3 is 1. The van der Waals surface area contributed by atoms with E-state index in [1.807, 2.05) is 12.1 Å². The van der Waals surface area contributed by atoms with Gasteiger partial charge in [-0.25, -0.2) is 4.98 Å². The van der Waals surface area contributed by atoms with Gasteiger partial charge >= 0.3 is 0 Å². The molecule has 0 fully saturated rings. The van der Waals surface area contributed by atoms with Crippen molar-refractivity contribution in [2.75, 3.05) is 13.7 Å². The van der Waals surface area contributed by atoms with Gasteiger partial charge < -0.3 is 9.47 Å². The van der Waals surface area contributed by atoms with Crippen molar-refractivity contribution < 1.29 is 14.3 Å². The highest BCUT2D eigenvalue weighted by molar-refractivity contribution is 6.31. The predicted octanol–water partition coefficient (Wildman–Crippen LogP) is 4.54. The molecule has 24 heavy (non-hydrogen) atoms. The van der Waals surface area contributed by atoms with E-state index in [1.165, 1.54) is 7.11 Å². The third kappa shape index (κ3) is 5.05. The van der Waals surface area contributed by atoms with Gasteiger partial charge in [-0.05, 0) is 30.0 Å². The van der Waals surface area contributed by atoms with Crippen molar-refractivity contribution in [2.45, 2.75) is 26.9 Å². The summed E-state index contributed by atoms with van der Waals surface area (Å²) in [6.45, 7) is 5.63. The Labute approximate surface area is 147 Å². The molecule has 0 radical (unpaired) electrons. The van der Waals surface area contributed by atoms with Crippen LogP contribution in [0.1, 0.15) is 41.9 Å². The summed E-state index contributed by atoms with van der Waals surface area (Å²) < 4.78 is 10.7. The summed E-state index contributed by atoms with van der Waals surface area (Å²) in [6, 6.07) is 10.6. The zero-order valence-electron chi connectivity index (χ0n) is 14.2. The molecule has 128 valence electrons. The molecule has 0 bridgehead atoms. The van der Waals surface area contributed by atoms with Gasteiger partial charge in [0.05, 0.1) is 13.7 Å². The smallest absolute Gasteiger partial charge is 0.232 e. The highest BCUT2D eigenvalue weighted by atomic mass is 35.5. The number of pyridine rings is 1. The van der Waals surface area contributed by atoms with E-state index < -0.39 is 0 Å². The third-order valence-corrected chi connectivity index (χ3v) is 3.85. The van der Waals surface area contributed by atoms with Crippen LogP contribution < -0.4 is 4.74 Å². The Morgan fingerprint density at radius 2 is 1.88 bits per heavy atom. The quantitative estimate of drug-likeness (QED) is 0.519. The fourth-order valence-electron chi connectivity index (χ4n) is 2.10. The van der Waals surface area contributed by atoms with Crippen LogP contribution in [0.2, 0.25) is 5.02 Å². The summed E-state index contributed by atoms with van der Waals surface area (Å²) in [5.41, 5.74) is 1.91. The van der Waals surface area contributed by atoms with Crippen LogP contribution in [0.3, 0.4) is 0 Å².